The van der Waals surface area contributed by atoms with Crippen molar-refractivity contribution in [2.24, 2.45) is 11.7 Å². The molecule has 0 bridgehead atoms. The van der Waals surface area contributed by atoms with Crippen molar-refractivity contribution >= 4 is 0 Å². The maximum atomic E-state index is 8.34. The average Bonchev–Trinajstić information content (AvgIpc) is 2.01. The van der Waals surface area contributed by atoms with Gasteiger partial charge in [-0.1, -0.05) is 13.3 Å². The SMILES string of the molecule is CC(CCCCN)COCO. The fraction of sp³-hybridized carbons (Fsp3) is 1.00. The Morgan fingerprint density at radius 3 is 2.73 bits per heavy atom. The second-order valence-corrected chi connectivity index (χ2v) is 2.89. The summed E-state index contributed by atoms with van der Waals surface area (Å²) in [6.07, 6.45) is 3.38. The fourth-order valence-corrected chi connectivity index (χ4v) is 0.974. The van der Waals surface area contributed by atoms with Gasteiger partial charge in [-0.3, -0.25) is 0 Å². The van der Waals surface area contributed by atoms with Gasteiger partial charge in [0, 0.05) is 0 Å². The lowest BCUT2D eigenvalue weighted by Crippen LogP contribution is -2.07. The number of hydrogen-bond acceptors (Lipinski definition) is 3. The first-order valence-corrected chi connectivity index (χ1v) is 4.20. The molecule has 3 nitrogen and oxygen atoms in total. The average molecular weight is 161 g/mol. The monoisotopic (exact) mass is 161 g/mol. The third-order valence-corrected chi connectivity index (χ3v) is 1.64. The minimum absolute atomic E-state index is 0.165. The standard InChI is InChI=1S/C8H19NO2/c1-8(6-11-7-10)4-2-3-5-9/h8,10H,2-7,9H2,1H3. The molecular formula is C8H19NO2. The van der Waals surface area contributed by atoms with Crippen LogP contribution >= 0.6 is 0 Å². The first kappa shape index (κ1) is 10.9. The summed E-state index contributed by atoms with van der Waals surface area (Å²) in [5.41, 5.74) is 5.34. The molecule has 0 aliphatic rings. The normalized spacial score (nSPS) is 13.4. The lowest BCUT2D eigenvalue weighted by Gasteiger charge is -2.09. The molecule has 3 heteroatoms. The van der Waals surface area contributed by atoms with E-state index in [0.29, 0.717) is 12.5 Å². The van der Waals surface area contributed by atoms with Gasteiger partial charge in [-0.15, -0.1) is 0 Å². The van der Waals surface area contributed by atoms with Crippen LogP contribution in [0.4, 0.5) is 0 Å². The first-order chi connectivity index (χ1) is 5.31. The maximum Gasteiger partial charge on any atom is 0.143 e. The number of ether oxygens (including phenoxy) is 1. The van der Waals surface area contributed by atoms with E-state index >= 15 is 0 Å². The van der Waals surface area contributed by atoms with Crippen LogP contribution in [-0.4, -0.2) is 25.1 Å². The molecule has 11 heavy (non-hydrogen) atoms. The Balaban J connectivity index is 3.02. The largest absolute Gasteiger partial charge is 0.371 e. The molecule has 1 atom stereocenters. The molecule has 0 aromatic rings. The van der Waals surface area contributed by atoms with Crippen molar-refractivity contribution in [3.05, 3.63) is 0 Å². The minimum atomic E-state index is -0.165. The van der Waals surface area contributed by atoms with E-state index in [0.717, 1.165) is 25.8 Å². The Morgan fingerprint density at radius 2 is 2.18 bits per heavy atom. The van der Waals surface area contributed by atoms with Crippen molar-refractivity contribution in [3.63, 3.8) is 0 Å². The van der Waals surface area contributed by atoms with Crippen molar-refractivity contribution in [2.75, 3.05) is 19.9 Å². The quantitative estimate of drug-likeness (QED) is 0.427. The van der Waals surface area contributed by atoms with Gasteiger partial charge < -0.3 is 15.6 Å². The van der Waals surface area contributed by atoms with Crippen molar-refractivity contribution in [1.82, 2.24) is 0 Å². The van der Waals surface area contributed by atoms with E-state index in [1.165, 1.54) is 0 Å². The van der Waals surface area contributed by atoms with Crippen molar-refractivity contribution in [3.8, 4) is 0 Å². The van der Waals surface area contributed by atoms with E-state index in [1.807, 2.05) is 0 Å². The smallest absolute Gasteiger partial charge is 0.143 e. The van der Waals surface area contributed by atoms with Gasteiger partial charge in [0.25, 0.3) is 0 Å². The summed E-state index contributed by atoms with van der Waals surface area (Å²) in [4.78, 5) is 0. The molecule has 0 amide bonds. The van der Waals surface area contributed by atoms with Crippen LogP contribution in [0.3, 0.4) is 0 Å². The summed E-state index contributed by atoms with van der Waals surface area (Å²) >= 11 is 0. The van der Waals surface area contributed by atoms with Gasteiger partial charge in [0.15, 0.2) is 0 Å². The van der Waals surface area contributed by atoms with Gasteiger partial charge in [0.2, 0.25) is 0 Å². The lowest BCUT2D eigenvalue weighted by molar-refractivity contribution is -0.0163. The minimum Gasteiger partial charge on any atom is -0.371 e. The Morgan fingerprint density at radius 1 is 1.45 bits per heavy atom. The van der Waals surface area contributed by atoms with Gasteiger partial charge in [-0.25, -0.2) is 0 Å². The van der Waals surface area contributed by atoms with Crippen LogP contribution < -0.4 is 5.73 Å². The van der Waals surface area contributed by atoms with Crippen LogP contribution in [0, 0.1) is 5.92 Å². The second-order valence-electron chi connectivity index (χ2n) is 2.89. The van der Waals surface area contributed by atoms with E-state index < -0.39 is 0 Å². The molecule has 0 rings (SSSR count). The highest BCUT2D eigenvalue weighted by Crippen LogP contribution is 2.06. The Bertz CT molecular complexity index is 78.5. The molecule has 0 aromatic carbocycles. The maximum absolute atomic E-state index is 8.34. The number of aliphatic hydroxyl groups excluding tert-OH is 1. The molecule has 68 valence electrons. The lowest BCUT2D eigenvalue weighted by atomic mass is 10.1. The molecule has 3 N–H and O–H groups in total. The number of unbranched alkanes of at least 4 members (excludes halogenated alkanes) is 1. The summed E-state index contributed by atoms with van der Waals surface area (Å²) in [5.74, 6) is 0.536. The topological polar surface area (TPSA) is 55.5 Å². The van der Waals surface area contributed by atoms with Crippen LogP contribution in [0.5, 0.6) is 0 Å². The summed E-state index contributed by atoms with van der Waals surface area (Å²) in [7, 11) is 0. The first-order valence-electron chi connectivity index (χ1n) is 4.20. The second kappa shape index (κ2) is 7.98. The zero-order chi connectivity index (χ0) is 8.53. The number of rotatable bonds is 7. The van der Waals surface area contributed by atoms with Gasteiger partial charge in [0.05, 0.1) is 6.61 Å². The van der Waals surface area contributed by atoms with Crippen LogP contribution in [-0.2, 0) is 4.74 Å². The van der Waals surface area contributed by atoms with Crippen molar-refractivity contribution in [1.29, 1.82) is 0 Å². The molecule has 0 saturated carbocycles. The van der Waals surface area contributed by atoms with Gasteiger partial charge in [-0.2, -0.15) is 0 Å². The molecule has 0 saturated heterocycles. The number of aliphatic hydroxyl groups is 1. The van der Waals surface area contributed by atoms with Crippen molar-refractivity contribution in [2.45, 2.75) is 26.2 Å². The van der Waals surface area contributed by atoms with Crippen LogP contribution in [0.2, 0.25) is 0 Å². The predicted molar refractivity (Wildman–Crippen MR) is 45.1 cm³/mol. The summed E-state index contributed by atoms with van der Waals surface area (Å²) in [6, 6.07) is 0. The molecule has 0 radical (unpaired) electrons. The van der Waals surface area contributed by atoms with Crippen LogP contribution in [0.1, 0.15) is 26.2 Å². The van der Waals surface area contributed by atoms with E-state index in [2.05, 4.69) is 6.92 Å². The molecular weight excluding hydrogens is 142 g/mol. The summed E-state index contributed by atoms with van der Waals surface area (Å²) in [6.45, 7) is 3.38. The number of hydrogen-bond donors (Lipinski definition) is 2. The number of nitrogens with two attached hydrogens (primary N) is 1. The van der Waals surface area contributed by atoms with E-state index in [4.69, 9.17) is 15.6 Å². The Kier molecular flexibility index (Phi) is 7.89. The highest BCUT2D eigenvalue weighted by molar-refractivity contribution is 4.51. The van der Waals surface area contributed by atoms with E-state index in [1.54, 1.807) is 0 Å². The summed E-state index contributed by atoms with van der Waals surface area (Å²) in [5, 5.41) is 8.34. The fourth-order valence-electron chi connectivity index (χ4n) is 0.974. The third-order valence-electron chi connectivity index (χ3n) is 1.64. The molecule has 0 aliphatic heterocycles. The van der Waals surface area contributed by atoms with Crippen LogP contribution in [0.15, 0.2) is 0 Å². The third kappa shape index (κ3) is 7.78. The molecule has 1 unspecified atom stereocenters. The Labute approximate surface area is 68.5 Å². The van der Waals surface area contributed by atoms with E-state index in [9.17, 15) is 0 Å². The predicted octanol–water partition coefficient (Wildman–Crippen LogP) is 0.718. The van der Waals surface area contributed by atoms with Crippen molar-refractivity contribution < 1.29 is 9.84 Å². The zero-order valence-electron chi connectivity index (χ0n) is 7.25. The highest BCUT2D eigenvalue weighted by Gasteiger charge is 2.00. The van der Waals surface area contributed by atoms with E-state index in [-0.39, 0.29) is 6.79 Å². The van der Waals surface area contributed by atoms with Gasteiger partial charge in [-0.05, 0) is 25.3 Å². The highest BCUT2D eigenvalue weighted by atomic mass is 16.6. The van der Waals surface area contributed by atoms with Gasteiger partial charge in [0.1, 0.15) is 6.79 Å². The molecule has 0 aliphatic carbocycles. The van der Waals surface area contributed by atoms with Crippen LogP contribution in [0.25, 0.3) is 0 Å². The molecule has 0 fully saturated rings. The zero-order valence-corrected chi connectivity index (χ0v) is 7.25. The molecule has 0 spiro atoms. The summed E-state index contributed by atoms with van der Waals surface area (Å²) < 4.78 is 4.85. The van der Waals surface area contributed by atoms with Gasteiger partial charge >= 0.3 is 0 Å². The molecule has 0 heterocycles. The Hall–Kier alpha value is -0.120. The molecule has 0 aromatic heterocycles.